The van der Waals surface area contributed by atoms with E-state index in [1.165, 1.54) is 0 Å². The van der Waals surface area contributed by atoms with Crippen LogP contribution in [0.25, 0.3) is 0 Å². The Morgan fingerprint density at radius 1 is 1.26 bits per heavy atom. The molecule has 3 N–H and O–H groups in total. The van der Waals surface area contributed by atoms with Crippen LogP contribution in [0, 0.1) is 0 Å². The fourth-order valence-corrected chi connectivity index (χ4v) is 2.02. The van der Waals surface area contributed by atoms with Gasteiger partial charge in [0.2, 0.25) is 5.91 Å². The lowest BCUT2D eigenvalue weighted by Gasteiger charge is -2.14. The molecular formula is C12H13Cl2NO4. The van der Waals surface area contributed by atoms with Crippen LogP contribution in [0.1, 0.15) is 12.0 Å². The molecule has 0 unspecified atom stereocenters. The highest BCUT2D eigenvalue weighted by Gasteiger charge is 2.20. The van der Waals surface area contributed by atoms with Gasteiger partial charge < -0.3 is 15.5 Å². The number of carbonyl (C=O) groups is 2. The molecule has 1 rings (SSSR count). The smallest absolute Gasteiger partial charge is 0.326 e. The lowest BCUT2D eigenvalue weighted by molar-refractivity contribution is -0.142. The number of nitrogens with one attached hydrogen (secondary N) is 1. The maximum absolute atomic E-state index is 11.7. The highest BCUT2D eigenvalue weighted by atomic mass is 35.5. The van der Waals surface area contributed by atoms with Gasteiger partial charge in [-0.1, -0.05) is 29.3 Å². The molecule has 0 fully saturated rings. The van der Waals surface area contributed by atoms with Gasteiger partial charge in [-0.15, -0.1) is 0 Å². The first-order valence-electron chi connectivity index (χ1n) is 5.51. The van der Waals surface area contributed by atoms with E-state index in [0.29, 0.717) is 15.6 Å². The molecule has 0 heterocycles. The summed E-state index contributed by atoms with van der Waals surface area (Å²) in [5.74, 6) is -1.72. The van der Waals surface area contributed by atoms with Crippen molar-refractivity contribution in [2.24, 2.45) is 0 Å². The molecule has 0 saturated heterocycles. The first-order chi connectivity index (χ1) is 8.95. The second-order valence-corrected chi connectivity index (χ2v) is 4.66. The molecule has 104 valence electrons. The van der Waals surface area contributed by atoms with Gasteiger partial charge in [-0.3, -0.25) is 4.79 Å². The Kier molecular flexibility index (Phi) is 6.08. The summed E-state index contributed by atoms with van der Waals surface area (Å²) in [4.78, 5) is 22.6. The Hall–Kier alpha value is -1.30. The van der Waals surface area contributed by atoms with E-state index in [0.717, 1.165) is 0 Å². The van der Waals surface area contributed by atoms with Crippen LogP contribution in [0.4, 0.5) is 0 Å². The average molecular weight is 306 g/mol. The summed E-state index contributed by atoms with van der Waals surface area (Å²) in [5, 5.41) is 20.6. The van der Waals surface area contributed by atoms with Crippen LogP contribution in [0.5, 0.6) is 0 Å². The molecule has 5 nitrogen and oxygen atoms in total. The van der Waals surface area contributed by atoms with Crippen LogP contribution in [-0.2, 0) is 16.0 Å². The van der Waals surface area contributed by atoms with E-state index in [-0.39, 0.29) is 19.4 Å². The van der Waals surface area contributed by atoms with E-state index in [9.17, 15) is 9.59 Å². The van der Waals surface area contributed by atoms with E-state index < -0.39 is 17.9 Å². The maximum Gasteiger partial charge on any atom is 0.326 e. The highest BCUT2D eigenvalue weighted by molar-refractivity contribution is 6.36. The summed E-state index contributed by atoms with van der Waals surface area (Å²) in [7, 11) is 0. The Morgan fingerprint density at radius 2 is 1.84 bits per heavy atom. The highest BCUT2D eigenvalue weighted by Crippen LogP contribution is 2.24. The lowest BCUT2D eigenvalue weighted by Crippen LogP contribution is -2.42. The molecule has 1 aromatic carbocycles. The number of rotatable bonds is 6. The van der Waals surface area contributed by atoms with Gasteiger partial charge in [0.1, 0.15) is 6.04 Å². The SMILES string of the molecule is O=C(Cc1c(Cl)cccc1Cl)N[C@@H](CCO)C(=O)O. The zero-order valence-corrected chi connectivity index (χ0v) is 11.4. The van der Waals surface area contributed by atoms with Gasteiger partial charge in [-0.25, -0.2) is 4.79 Å². The van der Waals surface area contributed by atoms with Crippen molar-refractivity contribution in [3.8, 4) is 0 Å². The average Bonchev–Trinajstić information content (AvgIpc) is 2.33. The van der Waals surface area contributed by atoms with Gasteiger partial charge >= 0.3 is 5.97 Å². The zero-order valence-electron chi connectivity index (χ0n) is 9.90. The number of carbonyl (C=O) groups excluding carboxylic acids is 1. The van der Waals surface area contributed by atoms with Gasteiger partial charge in [0.05, 0.1) is 6.42 Å². The fourth-order valence-electron chi connectivity index (χ4n) is 1.49. The first kappa shape index (κ1) is 15.8. The summed E-state index contributed by atoms with van der Waals surface area (Å²) in [5.41, 5.74) is 0.441. The number of aliphatic hydroxyl groups excluding tert-OH is 1. The standard InChI is InChI=1S/C12H13Cl2NO4/c13-8-2-1-3-9(14)7(8)6-11(17)15-10(4-5-16)12(18)19/h1-3,10,16H,4-6H2,(H,15,17)(H,18,19)/t10-/m0/s1. The van der Waals surface area contributed by atoms with E-state index in [1.54, 1.807) is 18.2 Å². The quantitative estimate of drug-likeness (QED) is 0.743. The minimum absolute atomic E-state index is 0.0582. The number of halogens is 2. The van der Waals surface area contributed by atoms with Crippen molar-refractivity contribution >= 4 is 35.1 Å². The topological polar surface area (TPSA) is 86.6 Å². The molecule has 0 saturated carbocycles. The van der Waals surface area contributed by atoms with Crippen LogP contribution in [0.2, 0.25) is 10.0 Å². The first-order valence-corrected chi connectivity index (χ1v) is 6.27. The van der Waals surface area contributed by atoms with Gasteiger partial charge in [0.25, 0.3) is 0 Å². The van der Waals surface area contributed by atoms with Crippen molar-refractivity contribution in [3.63, 3.8) is 0 Å². The molecular weight excluding hydrogens is 293 g/mol. The van der Waals surface area contributed by atoms with Gasteiger partial charge in [0.15, 0.2) is 0 Å². The molecule has 0 radical (unpaired) electrons. The van der Waals surface area contributed by atoms with Crippen molar-refractivity contribution < 1.29 is 19.8 Å². The maximum atomic E-state index is 11.7. The Balaban J connectivity index is 2.72. The molecule has 1 atom stereocenters. The van der Waals surface area contributed by atoms with Crippen LogP contribution in [0.3, 0.4) is 0 Å². The van der Waals surface area contributed by atoms with Gasteiger partial charge in [0, 0.05) is 23.1 Å². The summed E-state index contributed by atoms with van der Waals surface area (Å²) in [6.07, 6.45) is -0.176. The third-order valence-electron chi connectivity index (χ3n) is 2.45. The zero-order chi connectivity index (χ0) is 14.4. The lowest BCUT2D eigenvalue weighted by atomic mass is 10.1. The van der Waals surface area contributed by atoms with Crippen LogP contribution >= 0.6 is 23.2 Å². The fraction of sp³-hybridized carbons (Fsp3) is 0.333. The Bertz CT molecular complexity index is 459. The van der Waals surface area contributed by atoms with Gasteiger partial charge in [-0.2, -0.15) is 0 Å². The molecule has 0 bridgehead atoms. The number of aliphatic hydroxyl groups is 1. The normalized spacial score (nSPS) is 11.9. The van der Waals surface area contributed by atoms with Crippen molar-refractivity contribution in [1.29, 1.82) is 0 Å². The molecule has 0 aliphatic carbocycles. The third kappa shape index (κ3) is 4.70. The summed E-state index contributed by atoms with van der Waals surface area (Å²) < 4.78 is 0. The molecule has 0 aliphatic rings. The predicted octanol–water partition coefficient (Wildman–Crippen LogP) is 1.49. The molecule has 19 heavy (non-hydrogen) atoms. The van der Waals surface area contributed by atoms with E-state index in [4.69, 9.17) is 33.4 Å². The van der Waals surface area contributed by atoms with Crippen molar-refractivity contribution in [2.75, 3.05) is 6.61 Å². The predicted molar refractivity (Wildman–Crippen MR) is 71.4 cm³/mol. The number of benzene rings is 1. The number of hydrogen-bond donors (Lipinski definition) is 3. The molecule has 1 aromatic rings. The number of hydrogen-bond acceptors (Lipinski definition) is 3. The minimum Gasteiger partial charge on any atom is -0.480 e. The van der Waals surface area contributed by atoms with E-state index in [1.807, 2.05) is 0 Å². The number of carboxylic acid groups (broad SMARTS) is 1. The summed E-state index contributed by atoms with van der Waals surface area (Å²) >= 11 is 11.8. The second kappa shape index (κ2) is 7.33. The molecule has 0 aliphatic heterocycles. The van der Waals surface area contributed by atoms with E-state index >= 15 is 0 Å². The van der Waals surface area contributed by atoms with Gasteiger partial charge in [-0.05, 0) is 17.7 Å². The van der Waals surface area contributed by atoms with Crippen molar-refractivity contribution in [1.82, 2.24) is 5.32 Å². The van der Waals surface area contributed by atoms with Crippen LogP contribution in [-0.4, -0.2) is 34.7 Å². The van der Waals surface area contributed by atoms with Crippen molar-refractivity contribution in [3.05, 3.63) is 33.8 Å². The number of aliphatic carboxylic acids is 1. The summed E-state index contributed by atoms with van der Waals surface area (Å²) in [6.45, 7) is -0.329. The minimum atomic E-state index is -1.20. The third-order valence-corrected chi connectivity index (χ3v) is 3.16. The second-order valence-electron chi connectivity index (χ2n) is 3.85. The number of amides is 1. The monoisotopic (exact) mass is 305 g/mol. The van der Waals surface area contributed by atoms with Crippen LogP contribution in [0.15, 0.2) is 18.2 Å². The molecule has 7 heteroatoms. The van der Waals surface area contributed by atoms with E-state index in [2.05, 4.69) is 5.32 Å². The Labute approximate surface area is 120 Å². The molecule has 0 aromatic heterocycles. The largest absolute Gasteiger partial charge is 0.480 e. The molecule has 0 spiro atoms. The van der Waals surface area contributed by atoms with Crippen LogP contribution < -0.4 is 5.32 Å². The van der Waals surface area contributed by atoms with Crippen molar-refractivity contribution in [2.45, 2.75) is 18.9 Å². The number of carboxylic acids is 1. The Morgan fingerprint density at radius 3 is 2.32 bits per heavy atom. The summed E-state index contributed by atoms with van der Waals surface area (Å²) in [6, 6.07) is 3.72. The molecule has 1 amide bonds.